The summed E-state index contributed by atoms with van der Waals surface area (Å²) in [6.45, 7) is 11.1. The average molecular weight is 306 g/mol. The number of rotatable bonds is 3. The van der Waals surface area contributed by atoms with Gasteiger partial charge in [-0.2, -0.15) is 0 Å². The third-order valence-electron chi connectivity index (χ3n) is 2.21. The maximum atomic E-state index is 5.95. The van der Waals surface area contributed by atoms with Crippen molar-refractivity contribution >= 4 is 29.2 Å². The molecule has 112 valence electrons. The number of benzene rings is 1. The Balaban J connectivity index is 0. The van der Waals surface area contributed by atoms with E-state index in [9.17, 15) is 0 Å². The fourth-order valence-electron chi connectivity index (χ4n) is 1.50. The van der Waals surface area contributed by atoms with Crippen LogP contribution in [-0.2, 0) is 0 Å². The second kappa shape index (κ2) is 12.6. The van der Waals surface area contributed by atoms with Gasteiger partial charge in [0.05, 0.1) is 5.69 Å². The molecule has 0 aliphatic heterocycles. The maximum Gasteiger partial charge on any atom is 0.0587 e. The Labute approximate surface area is 128 Å². The molecule has 0 saturated carbocycles. The van der Waals surface area contributed by atoms with E-state index in [1.165, 1.54) is 0 Å². The summed E-state index contributed by atoms with van der Waals surface area (Å²) in [6, 6.07) is 3.85. The van der Waals surface area contributed by atoms with Gasteiger partial charge in [-0.15, -0.1) is 0 Å². The largest absolute Gasteiger partial charge is 0.314 e. The zero-order chi connectivity index (χ0) is 15.4. The third-order valence-corrected chi connectivity index (χ3v) is 3.19. The fraction of sp³-hybridized carbons (Fsp3) is 0.571. The lowest BCUT2D eigenvalue weighted by molar-refractivity contribution is 0.997. The minimum absolute atomic E-state index is 0.757. The number of anilines is 1. The summed E-state index contributed by atoms with van der Waals surface area (Å²) < 4.78 is 3.03. The van der Waals surface area contributed by atoms with E-state index in [0.29, 0.717) is 0 Å². The van der Waals surface area contributed by atoms with E-state index in [1.54, 1.807) is 17.0 Å². The second-order valence-electron chi connectivity index (χ2n) is 3.65. The first-order chi connectivity index (χ1) is 8.95. The molecule has 5 heteroatoms. The number of hydrogen-bond donors (Lipinski definition) is 2. The Bertz CT molecular complexity index is 342. The van der Waals surface area contributed by atoms with Crippen molar-refractivity contribution in [2.45, 2.75) is 34.6 Å². The van der Waals surface area contributed by atoms with Crippen molar-refractivity contribution in [3.8, 4) is 0 Å². The summed E-state index contributed by atoms with van der Waals surface area (Å²) >= 11 is 7.60. The zero-order valence-electron chi connectivity index (χ0n) is 13.2. The molecule has 0 saturated heterocycles. The molecule has 0 spiro atoms. The molecule has 1 aromatic carbocycles. The van der Waals surface area contributed by atoms with Gasteiger partial charge in [0.25, 0.3) is 0 Å². The van der Waals surface area contributed by atoms with Gasteiger partial charge in [-0.25, -0.2) is 5.84 Å². The Morgan fingerprint density at radius 2 is 1.84 bits per heavy atom. The molecule has 0 amide bonds. The summed E-state index contributed by atoms with van der Waals surface area (Å²) in [4.78, 5) is 0. The predicted octanol–water partition coefficient (Wildman–Crippen LogP) is 4.17. The van der Waals surface area contributed by atoms with Crippen LogP contribution < -0.4 is 15.6 Å². The molecule has 0 atom stereocenters. The molecule has 0 aliphatic carbocycles. The molecule has 0 bridgehead atoms. The lowest BCUT2D eigenvalue weighted by atomic mass is 10.1. The Morgan fingerprint density at radius 1 is 1.32 bits per heavy atom. The van der Waals surface area contributed by atoms with Gasteiger partial charge in [0.2, 0.25) is 0 Å². The van der Waals surface area contributed by atoms with E-state index < -0.39 is 0 Å². The number of nitrogens with one attached hydrogen (secondary N) is 1. The van der Waals surface area contributed by atoms with Crippen molar-refractivity contribution in [1.82, 2.24) is 4.72 Å². The highest BCUT2D eigenvalue weighted by atomic mass is 35.5. The highest BCUT2D eigenvalue weighted by molar-refractivity contribution is 7.96. The average Bonchev–Trinajstić information content (AvgIpc) is 2.38. The Hall–Kier alpha value is -0.420. The van der Waals surface area contributed by atoms with Crippen LogP contribution in [0.5, 0.6) is 0 Å². The van der Waals surface area contributed by atoms with Crippen LogP contribution in [0.1, 0.15) is 31.9 Å². The van der Waals surface area contributed by atoms with Crippen molar-refractivity contribution in [3.05, 3.63) is 28.3 Å². The first kappa shape index (κ1) is 20.9. The normalized spacial score (nSPS) is 8.89. The molecule has 3 N–H and O–H groups in total. The van der Waals surface area contributed by atoms with Crippen LogP contribution in [0, 0.1) is 13.8 Å². The van der Waals surface area contributed by atoms with Gasteiger partial charge in [-0.1, -0.05) is 50.4 Å². The van der Waals surface area contributed by atoms with Crippen LogP contribution in [0.25, 0.3) is 0 Å². The predicted molar refractivity (Wildman–Crippen MR) is 92.1 cm³/mol. The van der Waals surface area contributed by atoms with E-state index in [2.05, 4.69) is 11.6 Å². The van der Waals surface area contributed by atoms with Gasteiger partial charge >= 0.3 is 0 Å². The molecular formula is C14H28ClN3S. The zero-order valence-corrected chi connectivity index (χ0v) is 14.7. The highest BCUT2D eigenvalue weighted by Gasteiger charge is 2.07. The molecular weight excluding hydrogens is 278 g/mol. The molecule has 1 rings (SSSR count). The maximum absolute atomic E-state index is 5.95. The first-order valence-corrected chi connectivity index (χ1v) is 8.05. The van der Waals surface area contributed by atoms with E-state index >= 15 is 0 Å². The van der Waals surface area contributed by atoms with Gasteiger partial charge in [-0.05, 0) is 37.3 Å². The van der Waals surface area contributed by atoms with Crippen molar-refractivity contribution < 1.29 is 0 Å². The van der Waals surface area contributed by atoms with Crippen molar-refractivity contribution in [2.24, 2.45) is 5.84 Å². The number of halogens is 1. The smallest absolute Gasteiger partial charge is 0.0587 e. The van der Waals surface area contributed by atoms with E-state index in [4.69, 9.17) is 17.4 Å². The molecule has 0 fully saturated rings. The van der Waals surface area contributed by atoms with Gasteiger partial charge in [0.1, 0.15) is 0 Å². The molecule has 0 aliphatic rings. The van der Waals surface area contributed by atoms with Crippen molar-refractivity contribution in [2.75, 3.05) is 24.9 Å². The summed E-state index contributed by atoms with van der Waals surface area (Å²) in [6.07, 6.45) is 2.02. The van der Waals surface area contributed by atoms with Gasteiger partial charge < -0.3 is 5.01 Å². The standard InChI is InChI=1S/C9H13ClN2.C3H9NS.C2H6/c1-6-4-5-8(10)7(2)9(6)12(3)11;1-3-4-5-2;1-2/h4-5H,11H2,1-3H3;4H,3H2,1-2H3;1-2H3. The summed E-state index contributed by atoms with van der Waals surface area (Å²) in [5.74, 6) is 5.66. The van der Waals surface area contributed by atoms with Crippen molar-refractivity contribution in [1.29, 1.82) is 0 Å². The van der Waals surface area contributed by atoms with Crippen molar-refractivity contribution in [3.63, 3.8) is 0 Å². The van der Waals surface area contributed by atoms with Crippen LogP contribution in [-0.4, -0.2) is 19.8 Å². The first-order valence-electron chi connectivity index (χ1n) is 6.45. The number of hydrogen-bond acceptors (Lipinski definition) is 4. The fourth-order valence-corrected chi connectivity index (χ4v) is 1.94. The van der Waals surface area contributed by atoms with E-state index in [1.807, 2.05) is 53.1 Å². The third kappa shape index (κ3) is 8.37. The number of nitrogens with zero attached hydrogens (tertiary/aromatic N) is 1. The topological polar surface area (TPSA) is 41.3 Å². The van der Waals surface area contributed by atoms with Gasteiger partial charge in [0, 0.05) is 18.6 Å². The Kier molecular flexibility index (Phi) is 13.9. The lowest BCUT2D eigenvalue weighted by Crippen LogP contribution is -2.26. The van der Waals surface area contributed by atoms with Gasteiger partial charge in [0.15, 0.2) is 0 Å². The summed E-state index contributed by atoms with van der Waals surface area (Å²) in [5.41, 5.74) is 3.17. The summed E-state index contributed by atoms with van der Waals surface area (Å²) in [7, 11) is 1.81. The lowest BCUT2D eigenvalue weighted by Gasteiger charge is -2.18. The van der Waals surface area contributed by atoms with Crippen LogP contribution in [0.4, 0.5) is 5.69 Å². The minimum atomic E-state index is 0.757. The van der Waals surface area contributed by atoms with Gasteiger partial charge in [-0.3, -0.25) is 4.72 Å². The SMILES string of the molecule is CC.CCNSC.Cc1ccc(Cl)c(C)c1N(C)N. The second-order valence-corrected chi connectivity index (χ2v) is 4.75. The Morgan fingerprint density at radius 3 is 2.11 bits per heavy atom. The summed E-state index contributed by atoms with van der Waals surface area (Å²) in [5, 5.41) is 2.35. The molecule has 19 heavy (non-hydrogen) atoms. The molecule has 0 unspecified atom stereocenters. The molecule has 0 heterocycles. The molecule has 1 aromatic rings. The monoisotopic (exact) mass is 305 g/mol. The number of nitrogens with two attached hydrogens (primary N) is 1. The van der Waals surface area contributed by atoms with Crippen LogP contribution in [0.15, 0.2) is 12.1 Å². The van der Waals surface area contributed by atoms with Crippen LogP contribution in [0.2, 0.25) is 5.02 Å². The van der Waals surface area contributed by atoms with Crippen LogP contribution in [0.3, 0.4) is 0 Å². The number of aryl methyl sites for hydroxylation is 1. The molecule has 3 nitrogen and oxygen atoms in total. The van der Waals surface area contributed by atoms with E-state index in [-0.39, 0.29) is 0 Å². The van der Waals surface area contributed by atoms with E-state index in [0.717, 1.165) is 28.4 Å². The molecule has 0 aromatic heterocycles. The minimum Gasteiger partial charge on any atom is -0.314 e. The van der Waals surface area contributed by atoms with Crippen LogP contribution >= 0.6 is 23.5 Å². The molecule has 0 radical (unpaired) electrons. The highest BCUT2D eigenvalue weighted by Crippen LogP contribution is 2.27. The quantitative estimate of drug-likeness (QED) is 0.500. The number of hydrazine groups is 1.